The van der Waals surface area contributed by atoms with Gasteiger partial charge in [-0.15, -0.1) is 0 Å². The highest BCUT2D eigenvalue weighted by Crippen LogP contribution is 2.44. The summed E-state index contributed by atoms with van der Waals surface area (Å²) in [5, 5.41) is 20.2. The Balaban J connectivity index is 1.37. The fourth-order valence-electron chi connectivity index (χ4n) is 3.82. The highest BCUT2D eigenvalue weighted by atomic mass is 16.5. The van der Waals surface area contributed by atoms with Gasteiger partial charge < -0.3 is 15.2 Å². The molecule has 164 valence electrons. The predicted molar refractivity (Wildman–Crippen MR) is 116 cm³/mol. The van der Waals surface area contributed by atoms with Crippen molar-refractivity contribution in [2.75, 3.05) is 11.9 Å². The number of nitrogens with one attached hydrogen (secondary N) is 3. The molecule has 1 aliphatic carbocycles. The maximum Gasteiger partial charge on any atom is 0.412 e. The summed E-state index contributed by atoms with van der Waals surface area (Å²) in [6, 6.07) is 16.3. The van der Waals surface area contributed by atoms with Gasteiger partial charge in [-0.1, -0.05) is 55.5 Å². The van der Waals surface area contributed by atoms with Gasteiger partial charge in [0.05, 0.1) is 0 Å². The standard InChI is InChI=1S/C23H22N4O5/c1-2-18(22(29)30)24-21(28)19-11-20(27-26-19)25-23(31)32-12-17-15-9-5-3-7-13(15)14-8-4-6-10-16(14)17/h3-11,17-18H,2,12H2,1H3,(H,24,28)(H,29,30)(H2,25,26,27,31)/t18-/m1/s1. The average Bonchev–Trinajstić information content (AvgIpc) is 3.38. The van der Waals surface area contributed by atoms with Gasteiger partial charge in [0, 0.05) is 12.0 Å². The summed E-state index contributed by atoms with van der Waals surface area (Å²) in [7, 11) is 0. The summed E-state index contributed by atoms with van der Waals surface area (Å²) in [5.41, 5.74) is 4.49. The lowest BCUT2D eigenvalue weighted by atomic mass is 9.98. The lowest BCUT2D eigenvalue weighted by molar-refractivity contribution is -0.139. The van der Waals surface area contributed by atoms with Crippen molar-refractivity contribution in [2.24, 2.45) is 0 Å². The molecule has 9 heteroatoms. The fourth-order valence-corrected chi connectivity index (χ4v) is 3.82. The Morgan fingerprint density at radius 1 is 1.09 bits per heavy atom. The van der Waals surface area contributed by atoms with Crippen LogP contribution in [0.5, 0.6) is 0 Å². The minimum Gasteiger partial charge on any atom is -0.480 e. The summed E-state index contributed by atoms with van der Waals surface area (Å²) < 4.78 is 5.44. The van der Waals surface area contributed by atoms with Crippen molar-refractivity contribution in [3.8, 4) is 11.1 Å². The number of carbonyl (C=O) groups excluding carboxylic acids is 2. The molecule has 4 N–H and O–H groups in total. The van der Waals surface area contributed by atoms with Gasteiger partial charge in [0.2, 0.25) is 0 Å². The second-order valence-corrected chi connectivity index (χ2v) is 7.39. The Morgan fingerprint density at radius 3 is 2.31 bits per heavy atom. The van der Waals surface area contributed by atoms with E-state index in [1.807, 2.05) is 36.4 Å². The molecular weight excluding hydrogens is 412 g/mol. The number of H-pyrrole nitrogens is 1. The molecule has 3 aromatic rings. The van der Waals surface area contributed by atoms with Crippen LogP contribution in [0.2, 0.25) is 0 Å². The smallest absolute Gasteiger partial charge is 0.412 e. The van der Waals surface area contributed by atoms with Gasteiger partial charge in [-0.3, -0.25) is 15.2 Å². The molecule has 1 heterocycles. The molecule has 1 atom stereocenters. The maximum atomic E-state index is 12.3. The van der Waals surface area contributed by atoms with Crippen LogP contribution in [0, 0.1) is 0 Å². The van der Waals surface area contributed by atoms with Gasteiger partial charge >= 0.3 is 12.1 Å². The van der Waals surface area contributed by atoms with Crippen molar-refractivity contribution in [1.29, 1.82) is 0 Å². The Kier molecular flexibility index (Phi) is 5.89. The van der Waals surface area contributed by atoms with Crippen LogP contribution >= 0.6 is 0 Å². The van der Waals surface area contributed by atoms with Crippen LogP contribution in [0.3, 0.4) is 0 Å². The van der Waals surface area contributed by atoms with Crippen molar-refractivity contribution in [2.45, 2.75) is 25.3 Å². The highest BCUT2D eigenvalue weighted by Gasteiger charge is 2.29. The Hall–Kier alpha value is -4.14. The van der Waals surface area contributed by atoms with Gasteiger partial charge in [-0.25, -0.2) is 9.59 Å². The van der Waals surface area contributed by atoms with E-state index in [4.69, 9.17) is 9.84 Å². The quantitative estimate of drug-likeness (QED) is 0.451. The molecular formula is C23H22N4O5. The van der Waals surface area contributed by atoms with Crippen LogP contribution < -0.4 is 10.6 Å². The number of benzene rings is 2. The zero-order valence-corrected chi connectivity index (χ0v) is 17.3. The van der Waals surface area contributed by atoms with Crippen LogP contribution in [0.4, 0.5) is 10.6 Å². The monoisotopic (exact) mass is 434 g/mol. The molecule has 0 aliphatic heterocycles. The van der Waals surface area contributed by atoms with Crippen LogP contribution in [-0.4, -0.2) is 45.9 Å². The Labute approximate surface area is 183 Å². The number of fused-ring (bicyclic) bond motifs is 3. The maximum absolute atomic E-state index is 12.3. The molecule has 0 fully saturated rings. The van der Waals surface area contributed by atoms with Crippen molar-refractivity contribution in [3.05, 3.63) is 71.4 Å². The number of carbonyl (C=O) groups is 3. The molecule has 0 radical (unpaired) electrons. The number of carboxylic acid groups (broad SMARTS) is 1. The van der Waals surface area contributed by atoms with Crippen molar-refractivity contribution in [1.82, 2.24) is 15.5 Å². The largest absolute Gasteiger partial charge is 0.480 e. The predicted octanol–water partition coefficient (Wildman–Crippen LogP) is 3.36. The Morgan fingerprint density at radius 2 is 1.72 bits per heavy atom. The summed E-state index contributed by atoms with van der Waals surface area (Å²) in [4.78, 5) is 35.6. The number of nitrogens with zero attached hydrogens (tertiary/aromatic N) is 1. The lowest BCUT2D eigenvalue weighted by Gasteiger charge is -2.14. The number of carboxylic acids is 1. The SMILES string of the molecule is CC[C@@H](NC(=O)c1cc(NC(=O)OCC2c3ccccc3-c3ccccc32)n[nH]1)C(=O)O. The van der Waals surface area contributed by atoms with Crippen molar-refractivity contribution < 1.29 is 24.2 Å². The average molecular weight is 434 g/mol. The van der Waals surface area contributed by atoms with Crippen LogP contribution in [0.25, 0.3) is 11.1 Å². The number of ether oxygens (including phenoxy) is 1. The minimum absolute atomic E-state index is 0.0265. The van der Waals surface area contributed by atoms with Crippen LogP contribution in [-0.2, 0) is 9.53 Å². The third-order valence-corrected chi connectivity index (χ3v) is 5.41. The minimum atomic E-state index is -1.13. The molecule has 4 rings (SSSR count). The fraction of sp³-hybridized carbons (Fsp3) is 0.217. The van der Waals surface area contributed by atoms with Gasteiger partial charge in [0.25, 0.3) is 5.91 Å². The van der Waals surface area contributed by atoms with E-state index in [9.17, 15) is 14.4 Å². The number of aromatic amines is 1. The number of aromatic nitrogens is 2. The highest BCUT2D eigenvalue weighted by molar-refractivity contribution is 5.96. The molecule has 0 spiro atoms. The van der Waals surface area contributed by atoms with Gasteiger partial charge in [-0.2, -0.15) is 5.10 Å². The first-order valence-electron chi connectivity index (χ1n) is 10.2. The number of hydrogen-bond acceptors (Lipinski definition) is 5. The van der Waals surface area contributed by atoms with Crippen molar-refractivity contribution in [3.63, 3.8) is 0 Å². The second-order valence-electron chi connectivity index (χ2n) is 7.39. The molecule has 9 nitrogen and oxygen atoms in total. The topological polar surface area (TPSA) is 133 Å². The second kappa shape index (κ2) is 8.93. The van der Waals surface area contributed by atoms with E-state index in [1.165, 1.54) is 6.07 Å². The van der Waals surface area contributed by atoms with E-state index in [2.05, 4.69) is 33.0 Å². The number of anilines is 1. The number of hydrogen-bond donors (Lipinski definition) is 4. The molecule has 0 unspecified atom stereocenters. The molecule has 32 heavy (non-hydrogen) atoms. The van der Waals surface area contributed by atoms with E-state index in [0.29, 0.717) is 0 Å². The van der Waals surface area contributed by atoms with Crippen molar-refractivity contribution >= 4 is 23.8 Å². The van der Waals surface area contributed by atoms with Gasteiger partial charge in [0.15, 0.2) is 5.82 Å². The summed E-state index contributed by atoms with van der Waals surface area (Å²) >= 11 is 0. The van der Waals surface area contributed by atoms with Crippen LogP contribution in [0.1, 0.15) is 40.9 Å². The van der Waals surface area contributed by atoms with Gasteiger partial charge in [-0.05, 0) is 28.7 Å². The third kappa shape index (κ3) is 4.18. The molecule has 0 saturated heterocycles. The van der Waals surface area contributed by atoms with Crippen LogP contribution in [0.15, 0.2) is 54.6 Å². The first-order valence-corrected chi connectivity index (χ1v) is 10.2. The zero-order chi connectivity index (χ0) is 22.7. The van der Waals surface area contributed by atoms with Gasteiger partial charge in [0.1, 0.15) is 18.3 Å². The summed E-state index contributed by atoms with van der Waals surface area (Å²) in [6.07, 6.45) is -0.470. The summed E-state index contributed by atoms with van der Waals surface area (Å²) in [6.45, 7) is 1.80. The molecule has 2 aromatic carbocycles. The number of amides is 2. The third-order valence-electron chi connectivity index (χ3n) is 5.41. The number of rotatable bonds is 7. The molecule has 0 saturated carbocycles. The van der Waals surface area contributed by atoms with E-state index >= 15 is 0 Å². The van der Waals surface area contributed by atoms with E-state index in [-0.39, 0.29) is 30.5 Å². The van der Waals surface area contributed by atoms with E-state index < -0.39 is 24.0 Å². The zero-order valence-electron chi connectivity index (χ0n) is 17.3. The lowest BCUT2D eigenvalue weighted by Crippen LogP contribution is -2.40. The molecule has 0 bridgehead atoms. The molecule has 1 aliphatic rings. The normalized spacial score (nSPS) is 13.0. The Bertz CT molecular complexity index is 1130. The van der Waals surface area contributed by atoms with E-state index in [1.54, 1.807) is 6.92 Å². The van der Waals surface area contributed by atoms with E-state index in [0.717, 1.165) is 22.3 Å². The summed E-state index contributed by atoms with van der Waals surface area (Å²) in [5.74, 6) is -1.74. The molecule has 1 aromatic heterocycles. The molecule has 2 amide bonds. The number of aliphatic carboxylic acids is 1. The first kappa shape index (κ1) is 21.1. The first-order chi connectivity index (χ1) is 15.5.